The number of phenols is 1. The first-order chi connectivity index (χ1) is 67.3. The number of likely N-dealkylation sites (tertiary alicyclic amines) is 2. The SMILES string of the molecule is C.C=C(CCCN1C(=O)c2ccccc2C1=O)NC1CCCC1.CCOc1ccccc1N(CC(=O)N1CCCCC1)S(=O)(=O)c1ccccc1.COc1ccc(C(=O)Nc2cc(C)cc(C)c2)cc1Br.COc1ccc(OC)c(N(CC(=O)N2CCCCC2)S(=O)(=O)c2ccccc2)c1.Cc1c(O)ccc2c(=O)c(Oc3ccccc3)coc12.Cc1cc(C)nc(N=C(N)Nc2ccc(C(C)C)cc2)n1. The third-order valence-electron chi connectivity index (χ3n) is 23.3. The smallest absolute Gasteiger partial charge is 0.264 e. The number of nitrogens with two attached hydrogens (primary N) is 1. The van der Waals surface area contributed by atoms with Crippen molar-refractivity contribution in [1.82, 2.24) is 30.0 Å². The van der Waals surface area contributed by atoms with Crippen LogP contribution in [-0.4, -0.2) is 162 Å². The van der Waals surface area contributed by atoms with Crippen LogP contribution in [0.1, 0.15) is 176 Å². The highest BCUT2D eigenvalue weighted by molar-refractivity contribution is 9.10. The number of ether oxygens (including phenoxy) is 5. The molecule has 744 valence electrons. The van der Waals surface area contributed by atoms with Gasteiger partial charge in [0, 0.05) is 84.4 Å². The zero-order valence-corrected chi connectivity index (χ0v) is 84.1. The molecule has 0 unspecified atom stereocenters. The van der Waals surface area contributed by atoms with E-state index in [1.54, 1.807) is 157 Å². The van der Waals surface area contributed by atoms with Crippen LogP contribution in [0.2, 0.25) is 0 Å². The predicted octanol–water partition coefficient (Wildman–Crippen LogP) is 21.2. The lowest BCUT2D eigenvalue weighted by atomic mass is 10.0. The van der Waals surface area contributed by atoms with Gasteiger partial charge in [0.15, 0.2) is 0 Å². The van der Waals surface area contributed by atoms with Crippen LogP contribution in [0.25, 0.3) is 11.0 Å². The summed E-state index contributed by atoms with van der Waals surface area (Å²) in [5.41, 5.74) is 16.8. The van der Waals surface area contributed by atoms with Crippen LogP contribution in [0.5, 0.6) is 40.2 Å². The number of anilines is 4. The van der Waals surface area contributed by atoms with Gasteiger partial charge in [0.25, 0.3) is 43.7 Å². The number of aromatic nitrogens is 2. The second kappa shape index (κ2) is 52.6. The molecule has 6 N–H and O–H groups in total. The number of fused-ring (bicyclic) bond motifs is 2. The van der Waals surface area contributed by atoms with E-state index in [-0.39, 0.29) is 88.4 Å². The molecule has 0 radical (unpaired) electrons. The van der Waals surface area contributed by atoms with Crippen molar-refractivity contribution in [3.05, 3.63) is 320 Å². The maximum Gasteiger partial charge on any atom is 0.264 e. The van der Waals surface area contributed by atoms with Gasteiger partial charge in [-0.1, -0.05) is 138 Å². The van der Waals surface area contributed by atoms with Crippen molar-refractivity contribution in [1.29, 1.82) is 0 Å². The Bertz CT molecular complexity index is 6530. The van der Waals surface area contributed by atoms with Crippen LogP contribution in [-0.2, 0) is 29.6 Å². The molecular formula is C109H127BrN12O17S2. The predicted molar refractivity (Wildman–Crippen MR) is 559 cm³/mol. The van der Waals surface area contributed by atoms with Crippen LogP contribution in [0.3, 0.4) is 0 Å². The topological polar surface area (TPSA) is 367 Å². The number of allylic oxidation sites excluding steroid dienone is 1. The molecule has 0 bridgehead atoms. The average molecular weight is 2020 g/mol. The molecule has 2 saturated heterocycles. The van der Waals surface area contributed by atoms with Gasteiger partial charge in [0.1, 0.15) is 59.4 Å². The van der Waals surface area contributed by atoms with E-state index < -0.39 is 20.0 Å². The number of phenolic OH excluding ortho intramolecular Hbond substituents is 1. The van der Waals surface area contributed by atoms with Gasteiger partial charge in [-0.05, 0) is 278 Å². The lowest BCUT2D eigenvalue weighted by Gasteiger charge is -2.31. The summed E-state index contributed by atoms with van der Waals surface area (Å²) in [5.74, 6) is 2.99. The number of imide groups is 1. The van der Waals surface area contributed by atoms with Gasteiger partial charge >= 0.3 is 0 Å². The number of carbonyl (C=O) groups excluding carboxylic acids is 5. The molecule has 3 aliphatic heterocycles. The lowest BCUT2D eigenvalue weighted by molar-refractivity contribution is -0.131. The van der Waals surface area contributed by atoms with E-state index in [2.05, 4.69) is 85.5 Å². The number of hydrogen-bond acceptors (Lipinski definition) is 21. The molecular weight excluding hydrogens is 1890 g/mol. The van der Waals surface area contributed by atoms with E-state index in [0.29, 0.717) is 125 Å². The fourth-order valence-electron chi connectivity index (χ4n) is 16.1. The third-order valence-corrected chi connectivity index (χ3v) is 27.4. The van der Waals surface area contributed by atoms with Crippen molar-refractivity contribution < 1.29 is 74.0 Å². The van der Waals surface area contributed by atoms with Crippen molar-refractivity contribution in [3.63, 3.8) is 0 Å². The highest BCUT2D eigenvalue weighted by Gasteiger charge is 2.37. The molecule has 141 heavy (non-hydrogen) atoms. The van der Waals surface area contributed by atoms with Gasteiger partial charge in [-0.25, -0.2) is 26.8 Å². The van der Waals surface area contributed by atoms with E-state index in [1.807, 2.05) is 83.1 Å². The molecule has 3 fully saturated rings. The third kappa shape index (κ3) is 30.3. The molecule has 4 aliphatic rings. The second-order valence-corrected chi connectivity index (χ2v) is 38.7. The van der Waals surface area contributed by atoms with Crippen molar-refractivity contribution in [2.24, 2.45) is 10.7 Å². The van der Waals surface area contributed by atoms with E-state index in [9.17, 15) is 50.7 Å². The van der Waals surface area contributed by atoms with E-state index in [0.717, 1.165) is 99.7 Å². The number of guanidine groups is 1. The number of rotatable bonds is 28. The lowest BCUT2D eigenvalue weighted by Crippen LogP contribution is -2.45. The highest BCUT2D eigenvalue weighted by Crippen LogP contribution is 2.39. The Morgan fingerprint density at radius 2 is 1.10 bits per heavy atom. The summed E-state index contributed by atoms with van der Waals surface area (Å²) in [4.78, 5) is 92.6. The monoisotopic (exact) mass is 2020 g/mol. The summed E-state index contributed by atoms with van der Waals surface area (Å²) in [6.07, 6.45) is 13.8. The Hall–Kier alpha value is -14.4. The van der Waals surface area contributed by atoms with Crippen molar-refractivity contribution in [2.45, 2.75) is 162 Å². The number of amides is 5. The fourth-order valence-corrected chi connectivity index (χ4v) is 19.5. The average Bonchev–Trinajstić information content (AvgIpc) is 1.50. The van der Waals surface area contributed by atoms with Crippen molar-refractivity contribution in [3.8, 4) is 40.2 Å². The minimum absolute atomic E-state index is 0. The number of aromatic hydroxyl groups is 1. The molecule has 0 spiro atoms. The van der Waals surface area contributed by atoms with Crippen LogP contribution in [0.4, 0.5) is 28.7 Å². The van der Waals surface area contributed by atoms with Crippen molar-refractivity contribution >= 4 is 111 Å². The maximum absolute atomic E-state index is 13.5. The Morgan fingerprint density at radius 1 is 0.574 bits per heavy atom. The number of carbonyl (C=O) groups is 5. The summed E-state index contributed by atoms with van der Waals surface area (Å²) in [6, 6.07) is 68.9. The molecule has 1 aliphatic carbocycles. The first-order valence-corrected chi connectivity index (χ1v) is 50.2. The molecule has 2 aromatic heterocycles. The quantitative estimate of drug-likeness (QED) is 0.0173. The molecule has 32 heteroatoms. The van der Waals surface area contributed by atoms with Crippen LogP contribution in [0, 0.1) is 34.6 Å². The first-order valence-electron chi connectivity index (χ1n) is 46.6. The minimum atomic E-state index is -4.00. The number of nitrogens with zero attached hydrogens (tertiary/aromatic N) is 8. The minimum Gasteiger partial charge on any atom is -0.508 e. The molecule has 10 aromatic carbocycles. The summed E-state index contributed by atoms with van der Waals surface area (Å²) < 4.78 is 89.2. The number of para-hydroxylation sites is 3. The summed E-state index contributed by atoms with van der Waals surface area (Å²) >= 11 is 3.38. The van der Waals surface area contributed by atoms with Gasteiger partial charge < -0.3 is 64.7 Å². The number of benzene rings is 10. The van der Waals surface area contributed by atoms with Gasteiger partial charge in [-0.15, -0.1) is 0 Å². The van der Waals surface area contributed by atoms with Gasteiger partial charge in [0.2, 0.25) is 29.0 Å². The largest absolute Gasteiger partial charge is 0.508 e. The summed E-state index contributed by atoms with van der Waals surface area (Å²) in [7, 11) is -3.36. The number of aliphatic imine (C=N–C) groups is 1. The number of sulfonamides is 2. The fraction of sp³-hybridized carbons (Fsp3) is 0.312. The number of piperidine rings is 2. The van der Waals surface area contributed by atoms with Crippen LogP contribution < -0.4 is 59.4 Å². The number of aryl methyl sites for hydroxylation is 5. The number of hydrogen-bond donors (Lipinski definition) is 5. The number of nitrogens with one attached hydrogen (secondary N) is 3. The molecule has 16 rings (SSSR count). The Balaban J connectivity index is 0.000000175. The zero-order valence-electron chi connectivity index (χ0n) is 80.9. The molecule has 5 amide bonds. The van der Waals surface area contributed by atoms with Gasteiger partial charge in [0.05, 0.1) is 70.1 Å². The van der Waals surface area contributed by atoms with Gasteiger partial charge in [-0.3, -0.25) is 42.3 Å². The van der Waals surface area contributed by atoms with E-state index >= 15 is 0 Å². The number of methoxy groups -OCH3 is 3. The molecule has 5 heterocycles. The van der Waals surface area contributed by atoms with Crippen molar-refractivity contribution in [2.75, 3.05) is 93.0 Å². The standard InChI is InChI=1S/C21H26N2O5S.C21H26N2O4S.C18H22N2O2.C16H16BrNO2.C16H21N5.C16H12O4.CH4/c1-27-17-11-12-20(28-2)19(15-17)23(16-21(24)22-13-7-4-8-14-22)29(25,26)18-9-5-3-6-10-18;1-2-27-20-14-8-7-13-19(20)23(17-21(24)22-15-9-4-10-16-22)28(25,26)18-11-5-3-6-12-18;1-13(19-14-8-2-3-9-14)7-6-12-20-17(21)15-10-4-5-11-16(15)18(20)22;1-10-6-11(2)8-13(7-10)18-16(19)12-4-5-15(20-3)14(17)9-12;1-10(2)13-5-7-14(8-6-13)20-15(17)21-16-18-11(3)9-12(4)19-16;1-10-13(17)8-7-12-15(18)14(9-19-16(10)12)20-11-5-3-2-4-6-11;/h3,5-6,9-12,15H,4,7-8,13-14,16H2,1-2H3;3,5-8,11-14H,2,4,9-10,15-17H2,1H3;4-5,10-11,14,19H,1-3,6-9,12H2;4-9H,1-3H3,(H,18,19);5-10H,1-4H3,(H3,17,18,19,20,21);2-9,17H,1H3;1H4. The van der Waals surface area contributed by atoms with Gasteiger partial charge in [-0.2, -0.15) is 4.99 Å². The highest BCUT2D eigenvalue weighted by atomic mass is 79.9. The summed E-state index contributed by atoms with van der Waals surface area (Å²) in [6.45, 7) is 22.7. The number of halogens is 1. The summed E-state index contributed by atoms with van der Waals surface area (Å²) in [5, 5.41) is 19.4. The van der Waals surface area contributed by atoms with E-state index in [1.165, 1.54) is 97.3 Å². The second-order valence-electron chi connectivity index (χ2n) is 34.1. The Morgan fingerprint density at radius 3 is 1.63 bits per heavy atom. The molecule has 0 atom stereocenters. The maximum atomic E-state index is 13.5. The Labute approximate surface area is 835 Å². The van der Waals surface area contributed by atoms with Crippen LogP contribution in [0.15, 0.2) is 284 Å². The molecule has 29 nitrogen and oxygen atoms in total. The van der Waals surface area contributed by atoms with Crippen LogP contribution >= 0.6 is 15.9 Å². The molecule has 12 aromatic rings. The first kappa shape index (κ1) is 109. The van der Waals surface area contributed by atoms with E-state index in [4.69, 9.17) is 33.8 Å². The zero-order chi connectivity index (χ0) is 101. The Kier molecular flexibility index (Phi) is 40.5. The normalized spacial score (nSPS) is 13.3. The molecule has 1 saturated carbocycles.